The smallest absolute Gasteiger partial charge is 0.251 e. The molecule has 6 nitrogen and oxygen atoms in total. The Hall–Kier alpha value is -4.00. The molecule has 0 aliphatic rings. The summed E-state index contributed by atoms with van der Waals surface area (Å²) < 4.78 is 13.1. The third-order valence-electron chi connectivity index (χ3n) is 4.79. The molecule has 0 saturated heterocycles. The molecule has 3 aromatic carbocycles. The number of hydrogen-bond donors (Lipinski definition) is 3. The minimum Gasteiger partial charge on any atom is -0.352 e. The molecule has 0 spiro atoms. The Kier molecular flexibility index (Phi) is 6.03. The molecule has 0 unspecified atom stereocenters. The van der Waals surface area contributed by atoms with E-state index < -0.39 is 0 Å². The van der Waals surface area contributed by atoms with E-state index in [4.69, 9.17) is 0 Å². The Bertz CT molecular complexity index is 1200. The fourth-order valence-electron chi connectivity index (χ4n) is 3.20. The van der Waals surface area contributed by atoms with Crippen molar-refractivity contribution < 1.29 is 14.0 Å². The van der Waals surface area contributed by atoms with Gasteiger partial charge in [-0.25, -0.2) is 9.37 Å². The van der Waals surface area contributed by atoms with E-state index in [1.807, 2.05) is 30.3 Å². The van der Waals surface area contributed by atoms with E-state index in [1.165, 1.54) is 12.1 Å². The number of nitrogens with one attached hydrogen (secondary N) is 3. The fourth-order valence-corrected chi connectivity index (χ4v) is 3.20. The highest BCUT2D eigenvalue weighted by atomic mass is 19.1. The Labute approximate surface area is 178 Å². The molecule has 31 heavy (non-hydrogen) atoms. The number of carbonyl (C=O) groups is 2. The van der Waals surface area contributed by atoms with Gasteiger partial charge in [0.2, 0.25) is 5.91 Å². The summed E-state index contributed by atoms with van der Waals surface area (Å²) >= 11 is 0. The van der Waals surface area contributed by atoms with Crippen LogP contribution in [0.15, 0.2) is 72.8 Å². The molecule has 0 radical (unpaired) electrons. The molecule has 1 aromatic heterocycles. The van der Waals surface area contributed by atoms with Crippen molar-refractivity contribution in [3.63, 3.8) is 0 Å². The van der Waals surface area contributed by atoms with Gasteiger partial charge in [-0.2, -0.15) is 0 Å². The lowest BCUT2D eigenvalue weighted by Crippen LogP contribution is -2.25. The number of anilines is 1. The minimum absolute atomic E-state index is 0.133. The molecule has 0 saturated carbocycles. The molecule has 0 fully saturated rings. The van der Waals surface area contributed by atoms with Crippen molar-refractivity contribution in [2.75, 3.05) is 11.9 Å². The molecule has 3 N–H and O–H groups in total. The number of rotatable bonds is 7. The zero-order valence-electron chi connectivity index (χ0n) is 16.7. The van der Waals surface area contributed by atoms with E-state index in [1.54, 1.807) is 30.3 Å². The highest BCUT2D eigenvalue weighted by Crippen LogP contribution is 2.23. The van der Waals surface area contributed by atoms with Crippen molar-refractivity contribution in [3.05, 3.63) is 84.2 Å². The van der Waals surface area contributed by atoms with E-state index in [-0.39, 0.29) is 24.1 Å². The first-order valence-corrected chi connectivity index (χ1v) is 9.97. The van der Waals surface area contributed by atoms with Gasteiger partial charge in [-0.15, -0.1) is 0 Å². The lowest BCUT2D eigenvalue weighted by atomic mass is 10.2. The van der Waals surface area contributed by atoms with Crippen LogP contribution in [0.1, 0.15) is 23.2 Å². The Morgan fingerprint density at radius 2 is 1.74 bits per heavy atom. The molecule has 0 aliphatic carbocycles. The number of fused-ring (bicyclic) bond motifs is 1. The summed E-state index contributed by atoms with van der Waals surface area (Å²) in [5.74, 6) is 0.0476. The second-order valence-electron chi connectivity index (χ2n) is 7.10. The maximum atomic E-state index is 13.1. The molecular formula is C24H21FN4O2. The van der Waals surface area contributed by atoms with Crippen molar-refractivity contribution in [2.45, 2.75) is 12.8 Å². The maximum Gasteiger partial charge on any atom is 0.251 e. The predicted octanol–water partition coefficient (Wildman–Crippen LogP) is 4.52. The SMILES string of the molecule is O=C(CCCNC(=O)c1ccccc1)Nc1ccc2nc(-c3ccc(F)cc3)[nH]c2c1. The molecule has 7 heteroatoms. The number of imidazole rings is 1. The van der Waals surface area contributed by atoms with E-state index >= 15 is 0 Å². The third-order valence-corrected chi connectivity index (χ3v) is 4.79. The first-order valence-electron chi connectivity index (χ1n) is 9.97. The molecule has 4 rings (SSSR count). The first-order chi connectivity index (χ1) is 15.1. The monoisotopic (exact) mass is 416 g/mol. The molecule has 156 valence electrons. The van der Waals surface area contributed by atoms with Crippen LogP contribution < -0.4 is 10.6 Å². The molecule has 0 atom stereocenters. The van der Waals surface area contributed by atoms with Crippen LogP contribution in [-0.2, 0) is 4.79 Å². The molecule has 0 aliphatic heterocycles. The van der Waals surface area contributed by atoms with Crippen molar-refractivity contribution in [1.82, 2.24) is 15.3 Å². The number of carbonyl (C=O) groups excluding carboxylic acids is 2. The Balaban J connectivity index is 1.30. The van der Waals surface area contributed by atoms with Gasteiger partial charge < -0.3 is 15.6 Å². The number of aromatic nitrogens is 2. The van der Waals surface area contributed by atoms with Crippen LogP contribution in [0.25, 0.3) is 22.4 Å². The first kappa shape index (κ1) is 20.3. The number of aromatic amines is 1. The van der Waals surface area contributed by atoms with Gasteiger partial charge >= 0.3 is 0 Å². The van der Waals surface area contributed by atoms with Crippen molar-refractivity contribution in [2.24, 2.45) is 0 Å². The number of amides is 2. The molecule has 1 heterocycles. The van der Waals surface area contributed by atoms with Gasteiger partial charge in [0, 0.05) is 29.8 Å². The number of benzene rings is 3. The molecular weight excluding hydrogens is 395 g/mol. The van der Waals surface area contributed by atoms with Gasteiger partial charge in [0.25, 0.3) is 5.91 Å². The standard InChI is InChI=1S/C24H21FN4O2/c25-18-10-8-16(9-11-18)23-28-20-13-12-19(15-21(20)29-23)27-22(30)7-4-14-26-24(31)17-5-2-1-3-6-17/h1-3,5-6,8-13,15H,4,7,14H2,(H,26,31)(H,27,30)(H,28,29). The number of hydrogen-bond acceptors (Lipinski definition) is 3. The summed E-state index contributed by atoms with van der Waals surface area (Å²) in [5.41, 5.74) is 3.55. The minimum atomic E-state index is -0.301. The average molecular weight is 416 g/mol. The highest BCUT2D eigenvalue weighted by Gasteiger charge is 2.09. The van der Waals surface area contributed by atoms with Crippen molar-refractivity contribution in [1.29, 1.82) is 0 Å². The van der Waals surface area contributed by atoms with E-state index in [0.29, 0.717) is 30.0 Å². The predicted molar refractivity (Wildman–Crippen MR) is 118 cm³/mol. The third kappa shape index (κ3) is 5.14. The molecule has 0 bridgehead atoms. The number of H-pyrrole nitrogens is 1. The quantitative estimate of drug-likeness (QED) is 0.387. The molecule has 2 amide bonds. The van der Waals surface area contributed by atoms with Crippen LogP contribution in [0.3, 0.4) is 0 Å². The summed E-state index contributed by atoms with van der Waals surface area (Å²) in [7, 11) is 0. The number of nitrogens with zero attached hydrogens (tertiary/aromatic N) is 1. The lowest BCUT2D eigenvalue weighted by Gasteiger charge is -2.07. The van der Waals surface area contributed by atoms with E-state index in [2.05, 4.69) is 20.6 Å². The fraction of sp³-hybridized carbons (Fsp3) is 0.125. The maximum absolute atomic E-state index is 13.1. The van der Waals surface area contributed by atoms with Gasteiger partial charge in [-0.3, -0.25) is 9.59 Å². The van der Waals surface area contributed by atoms with Gasteiger partial charge in [0.05, 0.1) is 11.0 Å². The van der Waals surface area contributed by atoms with Crippen molar-refractivity contribution in [3.8, 4) is 11.4 Å². The average Bonchev–Trinajstić information content (AvgIpc) is 3.21. The van der Waals surface area contributed by atoms with Crippen molar-refractivity contribution >= 4 is 28.5 Å². The lowest BCUT2D eigenvalue weighted by molar-refractivity contribution is -0.116. The second kappa shape index (κ2) is 9.21. The summed E-state index contributed by atoms with van der Waals surface area (Å²) in [6, 6.07) is 20.5. The topological polar surface area (TPSA) is 86.9 Å². The Morgan fingerprint density at radius 1 is 0.968 bits per heavy atom. The summed E-state index contributed by atoms with van der Waals surface area (Å²) in [6.45, 7) is 0.418. The zero-order valence-corrected chi connectivity index (χ0v) is 16.7. The zero-order chi connectivity index (χ0) is 21.6. The molecule has 4 aromatic rings. The second-order valence-corrected chi connectivity index (χ2v) is 7.10. The Morgan fingerprint density at radius 3 is 2.52 bits per heavy atom. The summed E-state index contributed by atoms with van der Waals surface area (Å²) in [6.07, 6.45) is 0.822. The highest BCUT2D eigenvalue weighted by molar-refractivity contribution is 5.95. The van der Waals surface area contributed by atoms with Crippen LogP contribution in [0.4, 0.5) is 10.1 Å². The van der Waals surface area contributed by atoms with E-state index in [9.17, 15) is 14.0 Å². The largest absolute Gasteiger partial charge is 0.352 e. The van der Waals surface area contributed by atoms with Crippen LogP contribution >= 0.6 is 0 Å². The van der Waals surface area contributed by atoms with Gasteiger partial charge in [-0.05, 0) is 61.0 Å². The van der Waals surface area contributed by atoms with Crippen LogP contribution in [0.2, 0.25) is 0 Å². The summed E-state index contributed by atoms with van der Waals surface area (Å²) in [4.78, 5) is 31.9. The van der Waals surface area contributed by atoms with Gasteiger partial charge in [0.15, 0.2) is 0 Å². The van der Waals surface area contributed by atoms with Crippen LogP contribution in [-0.4, -0.2) is 28.3 Å². The van der Waals surface area contributed by atoms with E-state index in [0.717, 1.165) is 16.6 Å². The summed E-state index contributed by atoms with van der Waals surface area (Å²) in [5, 5.41) is 5.67. The van der Waals surface area contributed by atoms with Crippen LogP contribution in [0, 0.1) is 5.82 Å². The van der Waals surface area contributed by atoms with Crippen LogP contribution in [0.5, 0.6) is 0 Å². The van der Waals surface area contributed by atoms with Gasteiger partial charge in [-0.1, -0.05) is 18.2 Å². The normalized spacial score (nSPS) is 10.7. The number of halogens is 1. The van der Waals surface area contributed by atoms with Gasteiger partial charge in [0.1, 0.15) is 11.6 Å².